The third-order valence-electron chi connectivity index (χ3n) is 5.57. The van der Waals surface area contributed by atoms with E-state index in [1.807, 2.05) is 11.0 Å². The van der Waals surface area contributed by atoms with Crippen molar-refractivity contribution in [3.8, 4) is 5.75 Å². The molecule has 1 aliphatic carbocycles. The van der Waals surface area contributed by atoms with E-state index >= 15 is 0 Å². The minimum absolute atomic E-state index is 0.0303. The fourth-order valence-corrected chi connectivity index (χ4v) is 4.22. The number of hydrogen-bond donors (Lipinski definition) is 2. The largest absolute Gasteiger partial charge is 0.508 e. The van der Waals surface area contributed by atoms with Crippen LogP contribution in [0.4, 0.5) is 0 Å². The average Bonchev–Trinajstić information content (AvgIpc) is 3.25. The van der Waals surface area contributed by atoms with E-state index in [1.165, 1.54) is 6.33 Å². The highest BCUT2D eigenvalue weighted by Gasteiger charge is 2.43. The van der Waals surface area contributed by atoms with Gasteiger partial charge in [-0.05, 0) is 30.7 Å². The smallest absolute Gasteiger partial charge is 0.227 e. The molecule has 0 spiro atoms. The Morgan fingerprint density at radius 2 is 1.96 bits per heavy atom. The van der Waals surface area contributed by atoms with Crippen molar-refractivity contribution in [3.63, 3.8) is 0 Å². The first-order valence-corrected chi connectivity index (χ1v) is 8.68. The van der Waals surface area contributed by atoms with Gasteiger partial charge >= 0.3 is 0 Å². The lowest BCUT2D eigenvalue weighted by Crippen LogP contribution is -2.36. The number of aromatic hydroxyl groups is 1. The van der Waals surface area contributed by atoms with Gasteiger partial charge in [-0.1, -0.05) is 18.2 Å². The lowest BCUT2D eigenvalue weighted by molar-refractivity contribution is -0.129. The summed E-state index contributed by atoms with van der Waals surface area (Å²) in [6.45, 7) is 1.38. The van der Waals surface area contributed by atoms with Gasteiger partial charge in [-0.25, -0.2) is 9.67 Å². The maximum atomic E-state index is 12.6. The SMILES string of the molecule is O=C(Cc1ccccc1O)N1C[C@H]2C[C@@H](n3cncn3)[C@H](O)C[C@H]2C1. The number of phenolic OH excluding ortho intramolecular Hbond substituents is 1. The molecule has 1 saturated heterocycles. The first-order valence-electron chi connectivity index (χ1n) is 8.68. The van der Waals surface area contributed by atoms with E-state index in [0.29, 0.717) is 36.9 Å². The third kappa shape index (κ3) is 3.11. The number of rotatable bonds is 3. The second-order valence-electron chi connectivity index (χ2n) is 7.11. The normalized spacial score (nSPS) is 28.8. The topological polar surface area (TPSA) is 91.5 Å². The van der Waals surface area contributed by atoms with Gasteiger partial charge in [0, 0.05) is 18.7 Å². The van der Waals surface area contributed by atoms with Crippen molar-refractivity contribution in [2.75, 3.05) is 13.1 Å². The zero-order chi connectivity index (χ0) is 17.4. The number of fused-ring (bicyclic) bond motifs is 1. The first-order chi connectivity index (χ1) is 12.1. The molecular formula is C18H22N4O3. The van der Waals surface area contributed by atoms with Crippen LogP contribution in [0.15, 0.2) is 36.9 Å². The van der Waals surface area contributed by atoms with Crippen molar-refractivity contribution in [2.45, 2.75) is 31.4 Å². The van der Waals surface area contributed by atoms with E-state index < -0.39 is 6.10 Å². The Morgan fingerprint density at radius 3 is 2.68 bits per heavy atom. The maximum Gasteiger partial charge on any atom is 0.227 e. The number of carbonyl (C=O) groups is 1. The molecule has 2 N–H and O–H groups in total. The molecule has 1 saturated carbocycles. The van der Waals surface area contributed by atoms with Crippen molar-refractivity contribution < 1.29 is 15.0 Å². The van der Waals surface area contributed by atoms with E-state index in [9.17, 15) is 15.0 Å². The summed E-state index contributed by atoms with van der Waals surface area (Å²) in [5.74, 6) is 0.880. The molecule has 4 atom stereocenters. The van der Waals surface area contributed by atoms with Crippen LogP contribution >= 0.6 is 0 Å². The third-order valence-corrected chi connectivity index (χ3v) is 5.57. The zero-order valence-electron chi connectivity index (χ0n) is 13.9. The summed E-state index contributed by atoms with van der Waals surface area (Å²) in [7, 11) is 0. The standard InChI is InChI=1S/C18H22N4O3/c23-16-4-2-1-3-12(16)7-18(25)21-8-13-5-15(22-11-19-10-20-22)17(24)6-14(13)9-21/h1-4,10-11,13-15,17,23-24H,5-9H2/t13-,14+,15-,17-/m1/s1. The lowest BCUT2D eigenvalue weighted by atomic mass is 9.77. The van der Waals surface area contributed by atoms with Gasteiger partial charge in [-0.3, -0.25) is 4.79 Å². The number of para-hydroxylation sites is 1. The Balaban J connectivity index is 1.42. The van der Waals surface area contributed by atoms with Crippen molar-refractivity contribution in [3.05, 3.63) is 42.5 Å². The van der Waals surface area contributed by atoms with Crippen LogP contribution in [0.5, 0.6) is 5.75 Å². The van der Waals surface area contributed by atoms with E-state index in [1.54, 1.807) is 29.2 Å². The number of benzene rings is 1. The van der Waals surface area contributed by atoms with Gasteiger partial charge in [0.25, 0.3) is 0 Å². The van der Waals surface area contributed by atoms with Crippen LogP contribution in [0.25, 0.3) is 0 Å². The number of carbonyl (C=O) groups excluding carboxylic acids is 1. The number of aliphatic hydroxyl groups excluding tert-OH is 1. The predicted molar refractivity (Wildman–Crippen MR) is 89.7 cm³/mol. The second kappa shape index (κ2) is 6.48. The predicted octanol–water partition coefficient (Wildman–Crippen LogP) is 0.997. The molecule has 1 aliphatic heterocycles. The van der Waals surface area contributed by atoms with Crippen LogP contribution < -0.4 is 0 Å². The average molecular weight is 342 g/mol. The summed E-state index contributed by atoms with van der Waals surface area (Å²) in [6, 6.07) is 6.88. The molecule has 4 rings (SSSR count). The van der Waals surface area contributed by atoms with Crippen molar-refractivity contribution in [1.29, 1.82) is 0 Å². The van der Waals surface area contributed by atoms with Crippen LogP contribution in [0, 0.1) is 11.8 Å². The van der Waals surface area contributed by atoms with Crippen LogP contribution in [0.1, 0.15) is 24.4 Å². The van der Waals surface area contributed by atoms with E-state index in [4.69, 9.17) is 0 Å². The summed E-state index contributed by atoms with van der Waals surface area (Å²) < 4.78 is 1.73. The van der Waals surface area contributed by atoms with Crippen molar-refractivity contribution >= 4 is 5.91 Å². The van der Waals surface area contributed by atoms with E-state index in [0.717, 1.165) is 6.42 Å². The highest BCUT2D eigenvalue weighted by Crippen LogP contribution is 2.41. The van der Waals surface area contributed by atoms with Crippen molar-refractivity contribution in [2.24, 2.45) is 11.8 Å². The van der Waals surface area contributed by atoms with Crippen LogP contribution in [0.3, 0.4) is 0 Å². The van der Waals surface area contributed by atoms with Gasteiger partial charge in [0.1, 0.15) is 18.4 Å². The molecule has 25 heavy (non-hydrogen) atoms. The monoisotopic (exact) mass is 342 g/mol. The second-order valence-corrected chi connectivity index (χ2v) is 7.11. The van der Waals surface area contributed by atoms with Crippen molar-refractivity contribution in [1.82, 2.24) is 19.7 Å². The Labute approximate surface area is 145 Å². The molecule has 0 radical (unpaired) electrons. The Morgan fingerprint density at radius 1 is 1.20 bits per heavy atom. The highest BCUT2D eigenvalue weighted by molar-refractivity contribution is 5.79. The quantitative estimate of drug-likeness (QED) is 0.868. The Kier molecular flexibility index (Phi) is 4.17. The van der Waals surface area contributed by atoms with Gasteiger partial charge in [0.05, 0.1) is 18.6 Å². The lowest BCUT2D eigenvalue weighted by Gasteiger charge is -2.34. The number of likely N-dealkylation sites (tertiary alicyclic amines) is 1. The molecule has 0 bridgehead atoms. The molecule has 1 aromatic carbocycles. The van der Waals surface area contributed by atoms with Gasteiger partial charge in [0.2, 0.25) is 5.91 Å². The maximum absolute atomic E-state index is 12.6. The first kappa shape index (κ1) is 16.1. The molecule has 2 aliphatic rings. The minimum Gasteiger partial charge on any atom is -0.508 e. The number of aliphatic hydroxyl groups is 1. The number of amides is 1. The molecule has 2 heterocycles. The zero-order valence-corrected chi connectivity index (χ0v) is 13.9. The number of nitrogens with zero attached hydrogens (tertiary/aromatic N) is 4. The van der Waals surface area contributed by atoms with Gasteiger partial charge < -0.3 is 15.1 Å². The molecule has 2 aromatic rings. The number of phenols is 1. The minimum atomic E-state index is -0.462. The number of hydrogen-bond acceptors (Lipinski definition) is 5. The Bertz CT molecular complexity index is 749. The van der Waals surface area contributed by atoms with Crippen LogP contribution in [-0.4, -0.2) is 55.0 Å². The summed E-state index contributed by atoms with van der Waals surface area (Å²) in [5.41, 5.74) is 0.655. The van der Waals surface area contributed by atoms with Gasteiger partial charge in [-0.2, -0.15) is 5.10 Å². The molecule has 1 amide bonds. The molecular weight excluding hydrogens is 320 g/mol. The highest BCUT2D eigenvalue weighted by atomic mass is 16.3. The molecule has 0 unspecified atom stereocenters. The summed E-state index contributed by atoms with van der Waals surface area (Å²) in [6.07, 6.45) is 4.35. The van der Waals surface area contributed by atoms with Gasteiger partial charge in [0.15, 0.2) is 0 Å². The molecule has 1 aromatic heterocycles. The molecule has 7 nitrogen and oxygen atoms in total. The summed E-state index contributed by atoms with van der Waals surface area (Å²) in [4.78, 5) is 18.5. The molecule has 132 valence electrons. The van der Waals surface area contributed by atoms with E-state index in [-0.39, 0.29) is 24.1 Å². The van der Waals surface area contributed by atoms with Crippen LogP contribution in [0.2, 0.25) is 0 Å². The van der Waals surface area contributed by atoms with Gasteiger partial charge in [-0.15, -0.1) is 0 Å². The summed E-state index contributed by atoms with van der Waals surface area (Å²) in [5, 5.41) is 24.5. The Hall–Kier alpha value is -2.41. The molecule has 2 fully saturated rings. The fraction of sp³-hybridized carbons (Fsp3) is 0.500. The van der Waals surface area contributed by atoms with Crippen LogP contribution in [-0.2, 0) is 11.2 Å². The number of aromatic nitrogens is 3. The summed E-state index contributed by atoms with van der Waals surface area (Å²) >= 11 is 0. The van der Waals surface area contributed by atoms with E-state index in [2.05, 4.69) is 10.1 Å². The fourth-order valence-electron chi connectivity index (χ4n) is 4.22. The molecule has 7 heteroatoms.